The van der Waals surface area contributed by atoms with Crippen LogP contribution in [0.4, 0.5) is 0 Å². The number of benzene rings is 1. The molecule has 0 N–H and O–H groups in total. The standard InChI is InChI=1S/C16H22O2/c1-4-16(3)11-14(8-9-18-16)15(17)13-7-5-6-12(2)10-13/h5-7,10,14H,4,8-9,11H2,1-3H3/t14-,16-/m1/s1. The minimum atomic E-state index is -0.123. The third-order valence-electron chi connectivity index (χ3n) is 4.02. The van der Waals surface area contributed by atoms with Gasteiger partial charge in [0.1, 0.15) is 0 Å². The predicted octanol–water partition coefficient (Wildman–Crippen LogP) is 3.77. The fourth-order valence-electron chi connectivity index (χ4n) is 2.63. The molecule has 2 heteroatoms. The molecule has 2 atom stereocenters. The Hall–Kier alpha value is -1.15. The summed E-state index contributed by atoms with van der Waals surface area (Å²) in [4.78, 5) is 12.5. The first-order chi connectivity index (χ1) is 8.54. The molecule has 1 aromatic rings. The van der Waals surface area contributed by atoms with Crippen LogP contribution in [0.2, 0.25) is 0 Å². The zero-order chi connectivity index (χ0) is 13.2. The first-order valence-corrected chi connectivity index (χ1v) is 6.79. The highest BCUT2D eigenvalue weighted by Gasteiger charge is 2.35. The van der Waals surface area contributed by atoms with Crippen LogP contribution in [0, 0.1) is 12.8 Å². The molecule has 1 saturated heterocycles. The Bertz CT molecular complexity index is 438. The number of rotatable bonds is 3. The molecule has 0 aromatic heterocycles. The second-order valence-corrected chi connectivity index (χ2v) is 5.58. The summed E-state index contributed by atoms with van der Waals surface area (Å²) in [6.45, 7) is 6.96. The summed E-state index contributed by atoms with van der Waals surface area (Å²) in [5.41, 5.74) is 1.87. The Balaban J connectivity index is 2.14. The molecule has 0 amide bonds. The fourth-order valence-corrected chi connectivity index (χ4v) is 2.63. The lowest BCUT2D eigenvalue weighted by molar-refractivity contribution is -0.0811. The minimum Gasteiger partial charge on any atom is -0.375 e. The molecule has 0 spiro atoms. The lowest BCUT2D eigenvalue weighted by atomic mass is 9.81. The Morgan fingerprint density at radius 1 is 1.50 bits per heavy atom. The number of Topliss-reactive ketones (excluding diaryl/α,β-unsaturated/α-hetero) is 1. The molecule has 2 rings (SSSR count). The van der Waals surface area contributed by atoms with Crippen LogP contribution in [0.1, 0.15) is 49.0 Å². The van der Waals surface area contributed by atoms with Crippen molar-refractivity contribution in [3.8, 4) is 0 Å². The number of ether oxygens (including phenoxy) is 1. The molecule has 1 aliphatic rings. The van der Waals surface area contributed by atoms with Gasteiger partial charge < -0.3 is 4.74 Å². The van der Waals surface area contributed by atoms with Gasteiger partial charge in [-0.1, -0.05) is 30.7 Å². The van der Waals surface area contributed by atoms with Crippen molar-refractivity contribution in [2.75, 3.05) is 6.61 Å². The van der Waals surface area contributed by atoms with Gasteiger partial charge in [-0.3, -0.25) is 4.79 Å². The van der Waals surface area contributed by atoms with E-state index >= 15 is 0 Å². The summed E-state index contributed by atoms with van der Waals surface area (Å²) in [6.07, 6.45) is 2.66. The van der Waals surface area contributed by atoms with Crippen molar-refractivity contribution in [2.24, 2.45) is 5.92 Å². The van der Waals surface area contributed by atoms with Crippen molar-refractivity contribution in [1.29, 1.82) is 0 Å². The fraction of sp³-hybridized carbons (Fsp3) is 0.562. The van der Waals surface area contributed by atoms with Gasteiger partial charge >= 0.3 is 0 Å². The molecule has 1 aromatic carbocycles. The Morgan fingerprint density at radius 3 is 2.94 bits per heavy atom. The highest BCUT2D eigenvalue weighted by atomic mass is 16.5. The number of hydrogen-bond donors (Lipinski definition) is 0. The van der Waals surface area contributed by atoms with E-state index < -0.39 is 0 Å². The van der Waals surface area contributed by atoms with E-state index in [-0.39, 0.29) is 17.3 Å². The van der Waals surface area contributed by atoms with Gasteiger partial charge in [-0.2, -0.15) is 0 Å². The zero-order valence-electron chi connectivity index (χ0n) is 11.5. The van der Waals surface area contributed by atoms with Crippen LogP contribution in [-0.2, 0) is 4.74 Å². The van der Waals surface area contributed by atoms with Crippen molar-refractivity contribution in [1.82, 2.24) is 0 Å². The molecule has 0 saturated carbocycles. The van der Waals surface area contributed by atoms with Crippen molar-refractivity contribution < 1.29 is 9.53 Å². The van der Waals surface area contributed by atoms with Crippen LogP contribution >= 0.6 is 0 Å². The lowest BCUT2D eigenvalue weighted by Crippen LogP contribution is -2.39. The summed E-state index contributed by atoms with van der Waals surface area (Å²) in [7, 11) is 0. The van der Waals surface area contributed by atoms with E-state index in [1.54, 1.807) is 0 Å². The molecule has 18 heavy (non-hydrogen) atoms. The average molecular weight is 246 g/mol. The molecule has 0 radical (unpaired) electrons. The number of ketones is 1. The molecular weight excluding hydrogens is 224 g/mol. The van der Waals surface area contributed by atoms with Crippen LogP contribution < -0.4 is 0 Å². The summed E-state index contributed by atoms with van der Waals surface area (Å²) in [5, 5.41) is 0. The second kappa shape index (κ2) is 5.23. The lowest BCUT2D eigenvalue weighted by Gasteiger charge is -2.37. The van der Waals surface area contributed by atoms with Crippen LogP contribution in [0.25, 0.3) is 0 Å². The van der Waals surface area contributed by atoms with Gasteiger partial charge in [0.25, 0.3) is 0 Å². The van der Waals surface area contributed by atoms with E-state index in [0.29, 0.717) is 6.61 Å². The maximum atomic E-state index is 12.5. The van der Waals surface area contributed by atoms with Gasteiger partial charge in [0.2, 0.25) is 0 Å². The van der Waals surface area contributed by atoms with Crippen molar-refractivity contribution in [2.45, 2.75) is 45.6 Å². The maximum absolute atomic E-state index is 12.5. The van der Waals surface area contributed by atoms with Crippen LogP contribution in [0.3, 0.4) is 0 Å². The number of aryl methyl sites for hydroxylation is 1. The van der Waals surface area contributed by atoms with Crippen molar-refractivity contribution >= 4 is 5.78 Å². The number of carbonyl (C=O) groups excluding carboxylic acids is 1. The monoisotopic (exact) mass is 246 g/mol. The Morgan fingerprint density at radius 2 is 2.28 bits per heavy atom. The van der Waals surface area contributed by atoms with E-state index in [0.717, 1.165) is 30.4 Å². The molecule has 0 bridgehead atoms. The normalized spacial score (nSPS) is 28.1. The van der Waals surface area contributed by atoms with E-state index in [4.69, 9.17) is 4.74 Å². The topological polar surface area (TPSA) is 26.3 Å². The highest BCUT2D eigenvalue weighted by molar-refractivity contribution is 5.98. The first kappa shape index (κ1) is 13.3. The number of carbonyl (C=O) groups is 1. The van der Waals surface area contributed by atoms with Crippen LogP contribution in [-0.4, -0.2) is 18.0 Å². The minimum absolute atomic E-state index is 0.116. The van der Waals surface area contributed by atoms with Crippen LogP contribution in [0.5, 0.6) is 0 Å². The van der Waals surface area contributed by atoms with Gasteiger partial charge in [0.05, 0.1) is 5.60 Å². The second-order valence-electron chi connectivity index (χ2n) is 5.58. The molecule has 1 aliphatic heterocycles. The third kappa shape index (κ3) is 2.81. The van der Waals surface area contributed by atoms with Crippen molar-refractivity contribution in [3.05, 3.63) is 35.4 Å². The van der Waals surface area contributed by atoms with E-state index in [1.165, 1.54) is 0 Å². The molecule has 0 aliphatic carbocycles. The highest BCUT2D eigenvalue weighted by Crippen LogP contribution is 2.33. The van der Waals surface area contributed by atoms with E-state index in [2.05, 4.69) is 13.8 Å². The van der Waals surface area contributed by atoms with E-state index in [9.17, 15) is 4.79 Å². The largest absolute Gasteiger partial charge is 0.375 e. The molecule has 2 nitrogen and oxygen atoms in total. The summed E-state index contributed by atoms with van der Waals surface area (Å²) in [5.74, 6) is 0.396. The maximum Gasteiger partial charge on any atom is 0.166 e. The summed E-state index contributed by atoms with van der Waals surface area (Å²) in [6, 6.07) is 7.90. The molecule has 1 heterocycles. The average Bonchev–Trinajstić information content (AvgIpc) is 2.38. The van der Waals surface area contributed by atoms with Gasteiger partial charge in [0, 0.05) is 18.1 Å². The van der Waals surface area contributed by atoms with Crippen LogP contribution in [0.15, 0.2) is 24.3 Å². The summed E-state index contributed by atoms with van der Waals surface area (Å²) < 4.78 is 5.80. The molecule has 0 unspecified atom stereocenters. The van der Waals surface area contributed by atoms with Crippen molar-refractivity contribution in [3.63, 3.8) is 0 Å². The van der Waals surface area contributed by atoms with Gasteiger partial charge in [-0.05, 0) is 39.2 Å². The Labute approximate surface area is 109 Å². The predicted molar refractivity (Wildman–Crippen MR) is 72.9 cm³/mol. The Kier molecular flexibility index (Phi) is 3.86. The van der Waals surface area contributed by atoms with E-state index in [1.807, 2.05) is 31.2 Å². The smallest absolute Gasteiger partial charge is 0.166 e. The molecule has 98 valence electrons. The molecular formula is C16H22O2. The van der Waals surface area contributed by atoms with Gasteiger partial charge in [-0.15, -0.1) is 0 Å². The van der Waals surface area contributed by atoms with Gasteiger partial charge in [0.15, 0.2) is 5.78 Å². The first-order valence-electron chi connectivity index (χ1n) is 6.79. The summed E-state index contributed by atoms with van der Waals surface area (Å²) >= 11 is 0. The SMILES string of the molecule is CC[C@]1(C)C[C@H](C(=O)c2cccc(C)c2)CCO1. The molecule has 1 fully saturated rings. The third-order valence-corrected chi connectivity index (χ3v) is 4.02. The quantitative estimate of drug-likeness (QED) is 0.759. The zero-order valence-corrected chi connectivity index (χ0v) is 11.5. The van der Waals surface area contributed by atoms with Gasteiger partial charge in [-0.25, -0.2) is 0 Å². The number of hydrogen-bond acceptors (Lipinski definition) is 2.